The van der Waals surface area contributed by atoms with Crippen LogP contribution in [-0.4, -0.2) is 28.1 Å². The van der Waals surface area contributed by atoms with Gasteiger partial charge in [-0.2, -0.15) is 0 Å². The highest BCUT2D eigenvalue weighted by Gasteiger charge is 2.21. The maximum Gasteiger partial charge on any atom is 0.243 e. The number of benzene rings is 1. The van der Waals surface area contributed by atoms with Crippen LogP contribution in [0.3, 0.4) is 0 Å². The lowest BCUT2D eigenvalue weighted by atomic mass is 10.0. The zero-order valence-electron chi connectivity index (χ0n) is 11.4. The minimum atomic E-state index is -3.77. The van der Waals surface area contributed by atoms with E-state index in [2.05, 4.69) is 10.0 Å². The normalized spacial score (nSPS) is 19.4. The Morgan fingerprint density at radius 2 is 2.20 bits per heavy atom. The van der Waals surface area contributed by atoms with E-state index >= 15 is 0 Å². The van der Waals surface area contributed by atoms with Gasteiger partial charge < -0.3 is 5.32 Å². The molecule has 1 aromatic carbocycles. The van der Waals surface area contributed by atoms with Gasteiger partial charge in [0.25, 0.3) is 0 Å². The fourth-order valence-electron chi connectivity index (χ4n) is 2.22. The van der Waals surface area contributed by atoms with Crippen molar-refractivity contribution >= 4 is 22.4 Å². The standard InChI is InChI=1S/C13H19FN2O2S.ClH/c1-10-4-5-12(14)13(7-10)19(17,18)16-9-11-3-2-6-15-8-11;/h4-5,7,11,15-16H,2-3,6,8-9H2,1H3;1H. The van der Waals surface area contributed by atoms with Crippen LogP contribution in [0.25, 0.3) is 0 Å². The zero-order valence-corrected chi connectivity index (χ0v) is 13.0. The van der Waals surface area contributed by atoms with Gasteiger partial charge in [-0.15, -0.1) is 12.4 Å². The van der Waals surface area contributed by atoms with Gasteiger partial charge in [0.2, 0.25) is 10.0 Å². The van der Waals surface area contributed by atoms with E-state index in [1.807, 2.05) is 0 Å². The van der Waals surface area contributed by atoms with Gasteiger partial charge >= 0.3 is 0 Å². The van der Waals surface area contributed by atoms with Gasteiger partial charge in [-0.05, 0) is 56.5 Å². The monoisotopic (exact) mass is 322 g/mol. The molecule has 1 unspecified atom stereocenters. The highest BCUT2D eigenvalue weighted by molar-refractivity contribution is 7.89. The molecule has 0 amide bonds. The zero-order chi connectivity index (χ0) is 13.9. The lowest BCUT2D eigenvalue weighted by molar-refractivity contribution is 0.375. The molecule has 0 radical (unpaired) electrons. The second-order valence-corrected chi connectivity index (χ2v) is 6.73. The van der Waals surface area contributed by atoms with Crippen molar-refractivity contribution in [1.82, 2.24) is 10.0 Å². The number of rotatable bonds is 4. The minimum absolute atomic E-state index is 0. The first-order valence-electron chi connectivity index (χ1n) is 6.45. The first-order chi connectivity index (χ1) is 8.99. The Balaban J connectivity index is 0.00000200. The second-order valence-electron chi connectivity index (χ2n) is 5.00. The van der Waals surface area contributed by atoms with Crippen LogP contribution in [0.4, 0.5) is 4.39 Å². The quantitative estimate of drug-likeness (QED) is 0.889. The van der Waals surface area contributed by atoms with Gasteiger partial charge in [-0.25, -0.2) is 17.5 Å². The third-order valence-corrected chi connectivity index (χ3v) is 4.78. The number of hydrogen-bond acceptors (Lipinski definition) is 3. The molecule has 4 nitrogen and oxygen atoms in total. The van der Waals surface area contributed by atoms with Crippen molar-refractivity contribution < 1.29 is 12.8 Å². The first-order valence-corrected chi connectivity index (χ1v) is 7.94. The van der Waals surface area contributed by atoms with Crippen LogP contribution < -0.4 is 10.0 Å². The van der Waals surface area contributed by atoms with Crippen LogP contribution >= 0.6 is 12.4 Å². The molecule has 1 fully saturated rings. The molecule has 1 aliphatic heterocycles. The number of nitrogens with one attached hydrogen (secondary N) is 2. The molecular weight excluding hydrogens is 303 g/mol. The number of hydrogen-bond donors (Lipinski definition) is 2. The predicted octanol–water partition coefficient (Wildman–Crippen LogP) is 1.83. The summed E-state index contributed by atoms with van der Waals surface area (Å²) in [7, 11) is -3.77. The van der Waals surface area contributed by atoms with E-state index < -0.39 is 15.8 Å². The SMILES string of the molecule is Cc1ccc(F)c(S(=O)(=O)NCC2CCCNC2)c1.Cl. The molecule has 0 bridgehead atoms. The molecule has 0 saturated carbocycles. The average molecular weight is 323 g/mol. The molecule has 2 rings (SSSR count). The van der Waals surface area contributed by atoms with Crippen molar-refractivity contribution in [1.29, 1.82) is 0 Å². The lowest BCUT2D eigenvalue weighted by Crippen LogP contribution is -2.38. The topological polar surface area (TPSA) is 58.2 Å². The molecule has 1 atom stereocenters. The number of halogens is 2. The summed E-state index contributed by atoms with van der Waals surface area (Å²) >= 11 is 0. The summed E-state index contributed by atoms with van der Waals surface area (Å²) < 4.78 is 40.3. The summed E-state index contributed by atoms with van der Waals surface area (Å²) in [4.78, 5) is -0.267. The Hall–Kier alpha value is -0.690. The van der Waals surface area contributed by atoms with Crippen molar-refractivity contribution in [3.63, 3.8) is 0 Å². The highest BCUT2D eigenvalue weighted by Crippen LogP contribution is 2.17. The van der Waals surface area contributed by atoms with Crippen LogP contribution in [0.5, 0.6) is 0 Å². The van der Waals surface area contributed by atoms with Crippen molar-refractivity contribution in [3.05, 3.63) is 29.6 Å². The average Bonchev–Trinajstić information content (AvgIpc) is 2.40. The highest BCUT2D eigenvalue weighted by atomic mass is 35.5. The molecular formula is C13H20ClFN2O2S. The summed E-state index contributed by atoms with van der Waals surface area (Å²) in [6.45, 7) is 3.88. The van der Waals surface area contributed by atoms with Crippen molar-refractivity contribution in [2.75, 3.05) is 19.6 Å². The first kappa shape index (κ1) is 17.4. The van der Waals surface area contributed by atoms with Gasteiger partial charge in [0, 0.05) is 6.54 Å². The molecule has 0 aromatic heterocycles. The smallest absolute Gasteiger partial charge is 0.243 e. The van der Waals surface area contributed by atoms with E-state index in [1.54, 1.807) is 13.0 Å². The van der Waals surface area contributed by atoms with Gasteiger partial charge in [0.05, 0.1) is 0 Å². The summed E-state index contributed by atoms with van der Waals surface area (Å²) in [5.41, 5.74) is 0.723. The molecule has 0 aliphatic carbocycles. The van der Waals surface area contributed by atoms with E-state index in [9.17, 15) is 12.8 Å². The summed E-state index contributed by atoms with van der Waals surface area (Å²) in [6, 6.07) is 4.10. The molecule has 7 heteroatoms. The predicted molar refractivity (Wildman–Crippen MR) is 79.2 cm³/mol. The van der Waals surface area contributed by atoms with Crippen molar-refractivity contribution in [2.24, 2.45) is 5.92 Å². The Morgan fingerprint density at radius 1 is 1.45 bits per heavy atom. The molecule has 1 aliphatic rings. The van der Waals surface area contributed by atoms with Crippen LogP contribution in [0.15, 0.2) is 23.1 Å². The summed E-state index contributed by atoms with van der Waals surface area (Å²) in [6.07, 6.45) is 2.04. The van der Waals surface area contributed by atoms with Crippen LogP contribution in [0.2, 0.25) is 0 Å². The van der Waals surface area contributed by atoms with E-state index in [-0.39, 0.29) is 23.2 Å². The van der Waals surface area contributed by atoms with Gasteiger partial charge in [0.15, 0.2) is 0 Å². The van der Waals surface area contributed by atoms with Gasteiger partial charge in [-0.3, -0.25) is 0 Å². The minimum Gasteiger partial charge on any atom is -0.316 e. The van der Waals surface area contributed by atoms with Crippen LogP contribution in [0, 0.1) is 18.7 Å². The Kier molecular flexibility index (Phi) is 6.39. The largest absolute Gasteiger partial charge is 0.316 e. The van der Waals surface area contributed by atoms with E-state index in [0.29, 0.717) is 6.54 Å². The van der Waals surface area contributed by atoms with Crippen LogP contribution in [-0.2, 0) is 10.0 Å². The molecule has 0 spiro atoms. The number of sulfonamides is 1. The maximum atomic E-state index is 13.6. The number of piperidine rings is 1. The number of aryl methyl sites for hydroxylation is 1. The third-order valence-electron chi connectivity index (χ3n) is 3.34. The Morgan fingerprint density at radius 3 is 2.85 bits per heavy atom. The molecule has 1 saturated heterocycles. The Labute approximate surface area is 125 Å². The molecule has 1 heterocycles. The van der Waals surface area contributed by atoms with Crippen molar-refractivity contribution in [2.45, 2.75) is 24.7 Å². The van der Waals surface area contributed by atoms with Gasteiger partial charge in [-0.1, -0.05) is 6.07 Å². The molecule has 2 N–H and O–H groups in total. The second kappa shape index (κ2) is 7.36. The third kappa shape index (κ3) is 4.41. The van der Waals surface area contributed by atoms with E-state index in [4.69, 9.17) is 0 Å². The van der Waals surface area contributed by atoms with Crippen molar-refractivity contribution in [3.8, 4) is 0 Å². The van der Waals surface area contributed by atoms with Gasteiger partial charge in [0.1, 0.15) is 10.7 Å². The molecule has 20 heavy (non-hydrogen) atoms. The molecule has 114 valence electrons. The van der Waals surface area contributed by atoms with Crippen LogP contribution in [0.1, 0.15) is 18.4 Å². The summed E-state index contributed by atoms with van der Waals surface area (Å²) in [5, 5.41) is 3.22. The Bertz CT molecular complexity index is 545. The summed E-state index contributed by atoms with van der Waals surface area (Å²) in [5.74, 6) is -0.434. The molecule has 1 aromatic rings. The maximum absolute atomic E-state index is 13.6. The fraction of sp³-hybridized carbons (Fsp3) is 0.538. The fourth-order valence-corrected chi connectivity index (χ4v) is 3.50. The lowest BCUT2D eigenvalue weighted by Gasteiger charge is -2.22. The van der Waals surface area contributed by atoms with E-state index in [0.717, 1.165) is 31.5 Å². The van der Waals surface area contributed by atoms with E-state index in [1.165, 1.54) is 12.1 Å².